The Balaban J connectivity index is 1.55. The number of thioether (sulfide) groups is 1. The maximum absolute atomic E-state index is 13.4. The number of aromatic nitrogens is 2. The molecule has 0 spiro atoms. The molecule has 4 aromatic rings. The molecule has 0 aliphatic carbocycles. The van der Waals surface area contributed by atoms with Gasteiger partial charge in [0.1, 0.15) is 5.76 Å². The first-order valence-electron chi connectivity index (χ1n) is 11.6. The third kappa shape index (κ3) is 5.22. The van der Waals surface area contributed by atoms with E-state index in [2.05, 4.69) is 10.2 Å². The highest BCUT2D eigenvalue weighted by atomic mass is 35.5. The Hall–Kier alpha value is -3.17. The van der Waals surface area contributed by atoms with Crippen LogP contribution in [0.5, 0.6) is 0 Å². The van der Waals surface area contributed by atoms with E-state index in [4.69, 9.17) is 23.2 Å². The number of hydrogen-bond acceptors (Lipinski definition) is 7. The van der Waals surface area contributed by atoms with Gasteiger partial charge in [0.25, 0.3) is 5.78 Å². The van der Waals surface area contributed by atoms with Crippen molar-refractivity contribution in [2.45, 2.75) is 30.0 Å². The van der Waals surface area contributed by atoms with Crippen LogP contribution in [0.2, 0.25) is 10.0 Å². The van der Waals surface area contributed by atoms with Crippen LogP contribution in [-0.4, -0.2) is 27.0 Å². The fourth-order valence-electron chi connectivity index (χ4n) is 4.21. The largest absolute Gasteiger partial charge is 0.507 e. The highest BCUT2D eigenvalue weighted by molar-refractivity contribution is 8.00. The molecule has 0 saturated carbocycles. The third-order valence-corrected chi connectivity index (χ3v) is 8.79. The van der Waals surface area contributed by atoms with Crippen LogP contribution in [0.4, 0.5) is 5.13 Å². The predicted molar refractivity (Wildman–Crippen MR) is 153 cm³/mol. The Kier molecular flexibility index (Phi) is 7.59. The summed E-state index contributed by atoms with van der Waals surface area (Å²) >= 11 is 14.8. The molecule has 38 heavy (non-hydrogen) atoms. The number of benzene rings is 3. The van der Waals surface area contributed by atoms with Crippen LogP contribution in [0.15, 0.2) is 76.6 Å². The topological polar surface area (TPSA) is 83.4 Å². The molecule has 5 rings (SSSR count). The molecule has 1 aliphatic rings. The summed E-state index contributed by atoms with van der Waals surface area (Å²) in [5.41, 5.74) is 3.87. The SMILES string of the molecule is Cc1ccc(C)c(C(O)=C2C(=O)C(=O)N(c3nnc(SCc4ccc(Cl)cc4)s3)C2c2ccc(Cl)cc2)c1. The van der Waals surface area contributed by atoms with Gasteiger partial charge in [0, 0.05) is 21.4 Å². The van der Waals surface area contributed by atoms with Crippen LogP contribution in [0.3, 0.4) is 0 Å². The van der Waals surface area contributed by atoms with Gasteiger partial charge in [-0.1, -0.05) is 88.3 Å². The summed E-state index contributed by atoms with van der Waals surface area (Å²) in [4.78, 5) is 28.1. The van der Waals surface area contributed by atoms with Gasteiger partial charge in [0.2, 0.25) is 5.13 Å². The standard InChI is InChI=1S/C28H21Cl2N3O3S2/c1-15-3-4-16(2)21(13-15)24(34)22-23(18-7-11-20(30)12-8-18)33(26(36)25(22)35)27-31-32-28(38-27)37-14-17-5-9-19(29)10-6-17/h3-13,23,34H,14H2,1-2H3. The molecule has 1 unspecified atom stereocenters. The van der Waals surface area contributed by atoms with E-state index in [1.807, 2.05) is 50.2 Å². The maximum atomic E-state index is 13.4. The Labute approximate surface area is 237 Å². The predicted octanol–water partition coefficient (Wildman–Crippen LogP) is 7.38. The van der Waals surface area contributed by atoms with Gasteiger partial charge in [0.15, 0.2) is 4.34 Å². The summed E-state index contributed by atoms with van der Waals surface area (Å²) in [5, 5.41) is 21.3. The van der Waals surface area contributed by atoms with Crippen molar-refractivity contribution in [3.63, 3.8) is 0 Å². The van der Waals surface area contributed by atoms with Crippen molar-refractivity contribution in [3.05, 3.63) is 110 Å². The number of aliphatic hydroxyl groups excluding tert-OH is 1. The zero-order chi connectivity index (χ0) is 27.0. The van der Waals surface area contributed by atoms with E-state index in [0.717, 1.165) is 16.7 Å². The van der Waals surface area contributed by atoms with Crippen LogP contribution < -0.4 is 4.90 Å². The van der Waals surface area contributed by atoms with Crippen LogP contribution in [0, 0.1) is 13.8 Å². The molecule has 1 saturated heterocycles. The number of halogens is 2. The third-order valence-electron chi connectivity index (χ3n) is 6.16. The van der Waals surface area contributed by atoms with Crippen LogP contribution in [0.25, 0.3) is 5.76 Å². The monoisotopic (exact) mass is 581 g/mol. The van der Waals surface area contributed by atoms with E-state index in [1.165, 1.54) is 28.0 Å². The molecule has 1 aromatic heterocycles. The Morgan fingerprint density at radius 2 is 1.63 bits per heavy atom. The highest BCUT2D eigenvalue weighted by Gasteiger charge is 2.48. The minimum atomic E-state index is -0.894. The van der Waals surface area contributed by atoms with E-state index in [1.54, 1.807) is 30.3 Å². The number of nitrogens with zero attached hydrogens (tertiary/aromatic N) is 3. The molecular weight excluding hydrogens is 561 g/mol. The van der Waals surface area contributed by atoms with Gasteiger partial charge >= 0.3 is 5.91 Å². The van der Waals surface area contributed by atoms with E-state index in [0.29, 0.717) is 31.3 Å². The van der Waals surface area contributed by atoms with Crippen LogP contribution >= 0.6 is 46.3 Å². The van der Waals surface area contributed by atoms with E-state index in [-0.39, 0.29) is 16.5 Å². The normalized spacial score (nSPS) is 16.8. The number of carbonyl (C=O) groups is 2. The van der Waals surface area contributed by atoms with Crippen molar-refractivity contribution < 1.29 is 14.7 Å². The number of anilines is 1. The van der Waals surface area contributed by atoms with E-state index < -0.39 is 17.7 Å². The van der Waals surface area contributed by atoms with Gasteiger partial charge in [-0.2, -0.15) is 0 Å². The second-order valence-electron chi connectivity index (χ2n) is 8.80. The molecule has 1 atom stereocenters. The fraction of sp³-hybridized carbons (Fsp3) is 0.143. The molecule has 1 amide bonds. The maximum Gasteiger partial charge on any atom is 0.301 e. The number of ketones is 1. The van der Waals surface area contributed by atoms with Crippen LogP contribution in [-0.2, 0) is 15.3 Å². The first kappa shape index (κ1) is 26.4. The average molecular weight is 583 g/mol. The van der Waals surface area contributed by atoms with Crippen molar-refractivity contribution in [3.8, 4) is 0 Å². The lowest BCUT2D eigenvalue weighted by Gasteiger charge is -2.22. The molecule has 1 N–H and O–H groups in total. The van der Waals surface area contributed by atoms with Crippen molar-refractivity contribution in [1.29, 1.82) is 0 Å². The molecule has 192 valence electrons. The van der Waals surface area contributed by atoms with Crippen molar-refractivity contribution in [2.75, 3.05) is 4.90 Å². The summed E-state index contributed by atoms with van der Waals surface area (Å²) in [7, 11) is 0. The smallest absolute Gasteiger partial charge is 0.301 e. The number of rotatable bonds is 6. The highest BCUT2D eigenvalue weighted by Crippen LogP contribution is 2.44. The summed E-state index contributed by atoms with van der Waals surface area (Å²) in [6.45, 7) is 3.74. The zero-order valence-electron chi connectivity index (χ0n) is 20.3. The number of aliphatic hydroxyl groups is 1. The number of Topliss-reactive ketones (excluding diaryl/α,β-unsaturated/α-hetero) is 1. The number of amides is 1. The van der Waals surface area contributed by atoms with Gasteiger partial charge in [-0.3, -0.25) is 14.5 Å². The number of carbonyl (C=O) groups excluding carboxylic acids is 2. The molecule has 1 fully saturated rings. The number of hydrogen-bond donors (Lipinski definition) is 1. The minimum absolute atomic E-state index is 0.00316. The van der Waals surface area contributed by atoms with Gasteiger partial charge in [0.05, 0.1) is 11.6 Å². The molecule has 2 heterocycles. The first-order chi connectivity index (χ1) is 18.2. The molecule has 0 bridgehead atoms. The molecule has 0 radical (unpaired) electrons. The minimum Gasteiger partial charge on any atom is -0.507 e. The number of aryl methyl sites for hydroxylation is 2. The van der Waals surface area contributed by atoms with Crippen LogP contribution in [0.1, 0.15) is 33.9 Å². The van der Waals surface area contributed by atoms with Crippen molar-refractivity contribution in [1.82, 2.24) is 10.2 Å². The Bertz CT molecular complexity index is 1570. The molecule has 10 heteroatoms. The Morgan fingerprint density at radius 3 is 2.32 bits per heavy atom. The molecule has 6 nitrogen and oxygen atoms in total. The second kappa shape index (κ2) is 10.9. The van der Waals surface area contributed by atoms with Crippen molar-refractivity contribution in [2.24, 2.45) is 0 Å². The quantitative estimate of drug-likeness (QED) is 0.0840. The van der Waals surface area contributed by atoms with E-state index >= 15 is 0 Å². The molecular formula is C28H21Cl2N3O3S2. The summed E-state index contributed by atoms with van der Waals surface area (Å²) < 4.78 is 0.640. The van der Waals surface area contributed by atoms with Gasteiger partial charge in [-0.05, 0) is 60.9 Å². The van der Waals surface area contributed by atoms with E-state index in [9.17, 15) is 14.7 Å². The lowest BCUT2D eigenvalue weighted by Crippen LogP contribution is -2.29. The Morgan fingerprint density at radius 1 is 0.974 bits per heavy atom. The first-order valence-corrected chi connectivity index (χ1v) is 14.1. The van der Waals surface area contributed by atoms with Crippen molar-refractivity contribution >= 4 is 68.9 Å². The zero-order valence-corrected chi connectivity index (χ0v) is 23.5. The molecule has 1 aliphatic heterocycles. The van der Waals surface area contributed by atoms with Gasteiger partial charge < -0.3 is 5.11 Å². The fourth-order valence-corrected chi connectivity index (χ4v) is 6.29. The average Bonchev–Trinajstić information content (AvgIpc) is 3.47. The second-order valence-corrected chi connectivity index (χ2v) is 11.9. The summed E-state index contributed by atoms with van der Waals surface area (Å²) in [5.74, 6) is -1.15. The summed E-state index contributed by atoms with van der Waals surface area (Å²) in [6, 6.07) is 19.0. The van der Waals surface area contributed by atoms with Gasteiger partial charge in [-0.15, -0.1) is 10.2 Å². The lowest BCUT2D eigenvalue weighted by molar-refractivity contribution is -0.132. The molecule has 3 aromatic carbocycles. The summed E-state index contributed by atoms with van der Waals surface area (Å²) in [6.07, 6.45) is 0. The van der Waals surface area contributed by atoms with Gasteiger partial charge in [-0.25, -0.2) is 0 Å². The lowest BCUT2D eigenvalue weighted by atomic mass is 9.93.